The third kappa shape index (κ3) is 8.40. The fourth-order valence-corrected chi connectivity index (χ4v) is 8.73. The minimum atomic E-state index is -0.540. The van der Waals surface area contributed by atoms with Gasteiger partial charge in [-0.3, -0.25) is 9.69 Å². The molecule has 3 N–H and O–H groups in total. The van der Waals surface area contributed by atoms with Crippen molar-refractivity contribution in [3.05, 3.63) is 95.1 Å². The van der Waals surface area contributed by atoms with Crippen LogP contribution in [0, 0.1) is 16.7 Å². The highest BCUT2D eigenvalue weighted by Crippen LogP contribution is 2.53. The molecule has 0 spiro atoms. The van der Waals surface area contributed by atoms with Gasteiger partial charge in [-0.25, -0.2) is 4.79 Å². The smallest absolute Gasteiger partial charge is 0.325 e. The maximum absolute atomic E-state index is 12.3. The zero-order chi connectivity index (χ0) is 35.5. The first kappa shape index (κ1) is 36.0. The lowest BCUT2D eigenvalue weighted by molar-refractivity contribution is -0.276. The van der Waals surface area contributed by atoms with Gasteiger partial charge in [0, 0.05) is 37.2 Å². The van der Waals surface area contributed by atoms with Crippen molar-refractivity contribution >= 4 is 12.0 Å². The number of esters is 1. The summed E-state index contributed by atoms with van der Waals surface area (Å²) in [6.07, 6.45) is 2.99. The minimum absolute atomic E-state index is 0.00933. The molecule has 3 aliphatic rings. The zero-order valence-electron chi connectivity index (χ0n) is 30.1. The molecule has 2 amide bonds. The summed E-state index contributed by atoms with van der Waals surface area (Å²) in [5.41, 5.74) is 6.56. The number of fused-ring (bicyclic) bond motifs is 2. The Balaban J connectivity index is 1.19. The molecule has 2 aliphatic heterocycles. The summed E-state index contributed by atoms with van der Waals surface area (Å²) < 4.78 is 18.5. The number of rotatable bonds is 11. The molecule has 2 saturated heterocycles. The third-order valence-electron chi connectivity index (χ3n) is 10.7. The number of urea groups is 1. The van der Waals surface area contributed by atoms with Crippen molar-refractivity contribution in [1.29, 1.82) is 0 Å². The van der Waals surface area contributed by atoms with E-state index in [-0.39, 0.29) is 37.9 Å². The Morgan fingerprint density at radius 2 is 1.66 bits per heavy atom. The first-order chi connectivity index (χ1) is 24.0. The number of hydrogen-bond donors (Lipinski definition) is 3. The molecule has 0 radical (unpaired) electrons. The first-order valence-corrected chi connectivity index (χ1v) is 18.1. The number of nitrogens with one attached hydrogen (secondary N) is 2. The average molecular weight is 684 g/mol. The van der Waals surface area contributed by atoms with Gasteiger partial charge < -0.3 is 30.0 Å². The van der Waals surface area contributed by atoms with Gasteiger partial charge in [-0.2, -0.15) is 0 Å². The molecule has 6 atom stereocenters. The van der Waals surface area contributed by atoms with Crippen molar-refractivity contribution in [2.24, 2.45) is 16.7 Å². The molecular formula is C41H53N3O6. The average Bonchev–Trinajstić information content (AvgIpc) is 3.34. The summed E-state index contributed by atoms with van der Waals surface area (Å²) in [5.74, 6) is -0.349. The van der Waals surface area contributed by atoms with Crippen molar-refractivity contribution in [3.8, 4) is 11.1 Å². The van der Waals surface area contributed by atoms with Gasteiger partial charge in [0.05, 0.1) is 25.4 Å². The zero-order valence-corrected chi connectivity index (χ0v) is 30.1. The van der Waals surface area contributed by atoms with Crippen LogP contribution in [0.4, 0.5) is 4.79 Å². The van der Waals surface area contributed by atoms with Crippen molar-refractivity contribution in [3.63, 3.8) is 0 Å². The molecule has 2 bridgehead atoms. The molecule has 0 aromatic heterocycles. The van der Waals surface area contributed by atoms with Crippen molar-refractivity contribution in [2.75, 3.05) is 26.2 Å². The second kappa shape index (κ2) is 15.2. The molecule has 2 heterocycles. The van der Waals surface area contributed by atoms with E-state index in [0.29, 0.717) is 23.4 Å². The second-order valence-corrected chi connectivity index (χ2v) is 15.6. The highest BCUT2D eigenvalue weighted by atomic mass is 16.7. The second-order valence-electron chi connectivity index (χ2n) is 15.6. The van der Waals surface area contributed by atoms with E-state index in [2.05, 4.69) is 79.6 Å². The Labute approximate surface area is 296 Å². The predicted molar refractivity (Wildman–Crippen MR) is 193 cm³/mol. The van der Waals surface area contributed by atoms with Gasteiger partial charge in [0.1, 0.15) is 6.54 Å². The van der Waals surface area contributed by atoms with Crippen LogP contribution in [0.15, 0.2) is 72.8 Å². The number of aliphatic hydroxyl groups is 1. The van der Waals surface area contributed by atoms with Crippen LogP contribution in [-0.2, 0) is 32.2 Å². The number of amides is 2. The fourth-order valence-electron chi connectivity index (χ4n) is 8.73. The van der Waals surface area contributed by atoms with Gasteiger partial charge in [0.25, 0.3) is 0 Å². The number of ether oxygens (including phenoxy) is 3. The molecule has 3 aromatic rings. The van der Waals surface area contributed by atoms with E-state index >= 15 is 0 Å². The van der Waals surface area contributed by atoms with Crippen LogP contribution in [0.2, 0.25) is 0 Å². The van der Waals surface area contributed by atoms with Gasteiger partial charge in [0.15, 0.2) is 6.29 Å². The summed E-state index contributed by atoms with van der Waals surface area (Å²) in [5, 5.41) is 15.0. The maximum atomic E-state index is 12.3. The standard InChI is InChI=1S/C41H53N3O6/c1-6-48-36(46)22-43-39(47)42-21-32-9-7-8-10-34(32)29-15-17-31(18-16-29)38-49-35(23-44-26-41(5)20-33(44)19-40(3,4)25-41)27(2)37(50-38)30-13-11-28(24-45)12-14-30/h7-18,27,33,35,37-38,45H,6,19-26H2,1-5H3,(H2,42,43,47)/t27-,33?,35+,37+,38+,41?/m1/s1. The van der Waals surface area contributed by atoms with Gasteiger partial charge in [-0.1, -0.05) is 100 Å². The van der Waals surface area contributed by atoms with E-state index in [0.717, 1.165) is 46.5 Å². The van der Waals surface area contributed by atoms with Crippen LogP contribution in [0.1, 0.15) is 88.5 Å². The Morgan fingerprint density at radius 3 is 2.38 bits per heavy atom. The number of nitrogens with zero attached hydrogens (tertiary/aromatic N) is 1. The Hall–Kier alpha value is -3.76. The van der Waals surface area contributed by atoms with E-state index in [4.69, 9.17) is 14.2 Å². The molecule has 1 aliphatic carbocycles. The number of likely N-dealkylation sites (tertiary alicyclic amines) is 1. The van der Waals surface area contributed by atoms with Crippen LogP contribution in [-0.4, -0.2) is 60.4 Å². The number of carbonyl (C=O) groups is 2. The van der Waals surface area contributed by atoms with Crippen LogP contribution in [0.5, 0.6) is 0 Å². The van der Waals surface area contributed by atoms with Gasteiger partial charge in [-0.15, -0.1) is 0 Å². The lowest BCUT2D eigenvalue weighted by atomic mass is 9.65. The summed E-state index contributed by atoms with van der Waals surface area (Å²) >= 11 is 0. The Bertz CT molecular complexity index is 1630. The van der Waals surface area contributed by atoms with Crippen molar-refractivity contribution < 1.29 is 28.9 Å². The highest BCUT2D eigenvalue weighted by molar-refractivity contribution is 5.81. The topological polar surface area (TPSA) is 109 Å². The molecular weight excluding hydrogens is 630 g/mol. The van der Waals surface area contributed by atoms with Crippen LogP contribution < -0.4 is 10.6 Å². The molecule has 9 heteroatoms. The van der Waals surface area contributed by atoms with Crippen molar-refractivity contribution in [2.45, 2.75) is 91.6 Å². The number of aliphatic hydroxyl groups excluding tert-OH is 1. The van der Waals surface area contributed by atoms with Crippen LogP contribution in [0.3, 0.4) is 0 Å². The molecule has 6 rings (SSSR count). The normalized spacial score (nSPS) is 27.4. The molecule has 3 fully saturated rings. The first-order valence-electron chi connectivity index (χ1n) is 18.1. The molecule has 50 heavy (non-hydrogen) atoms. The summed E-state index contributed by atoms with van der Waals surface area (Å²) in [6, 6.07) is 24.5. The SMILES string of the molecule is CCOC(=O)CNC(=O)NCc1ccccc1-c1ccc([C@H]2O[C@@H](CN3CC4(C)CC3CC(C)(C)C4)[C@@H](C)[C@@H](c3ccc(CO)cc3)O2)cc1. The van der Waals surface area contributed by atoms with Gasteiger partial charge >= 0.3 is 12.0 Å². The molecule has 3 aromatic carbocycles. The quantitative estimate of drug-likeness (QED) is 0.189. The number of carbonyl (C=O) groups excluding carboxylic acids is 2. The van der Waals surface area contributed by atoms with Gasteiger partial charge in [0.2, 0.25) is 0 Å². The van der Waals surface area contributed by atoms with Crippen LogP contribution >= 0.6 is 0 Å². The highest BCUT2D eigenvalue weighted by Gasteiger charge is 2.51. The lowest BCUT2D eigenvalue weighted by Gasteiger charge is -2.43. The summed E-state index contributed by atoms with van der Waals surface area (Å²) in [7, 11) is 0. The fraction of sp³-hybridized carbons (Fsp3) is 0.512. The largest absolute Gasteiger partial charge is 0.465 e. The molecule has 268 valence electrons. The minimum Gasteiger partial charge on any atom is -0.465 e. The molecule has 1 saturated carbocycles. The number of benzene rings is 3. The summed E-state index contributed by atoms with van der Waals surface area (Å²) in [4.78, 5) is 26.6. The predicted octanol–water partition coefficient (Wildman–Crippen LogP) is 6.90. The van der Waals surface area contributed by atoms with E-state index < -0.39 is 18.3 Å². The molecule has 9 nitrogen and oxygen atoms in total. The number of hydrogen-bond acceptors (Lipinski definition) is 7. The van der Waals surface area contributed by atoms with Crippen molar-refractivity contribution in [1.82, 2.24) is 15.5 Å². The monoisotopic (exact) mass is 683 g/mol. The summed E-state index contributed by atoms with van der Waals surface area (Å²) in [6.45, 7) is 13.6. The van der Waals surface area contributed by atoms with E-state index in [1.54, 1.807) is 6.92 Å². The van der Waals surface area contributed by atoms with E-state index in [1.807, 2.05) is 36.4 Å². The van der Waals surface area contributed by atoms with E-state index in [9.17, 15) is 14.7 Å². The van der Waals surface area contributed by atoms with Gasteiger partial charge in [-0.05, 0) is 64.8 Å². The Kier molecular flexibility index (Phi) is 11.0. The maximum Gasteiger partial charge on any atom is 0.325 e. The third-order valence-corrected chi connectivity index (χ3v) is 10.7. The van der Waals surface area contributed by atoms with Crippen LogP contribution in [0.25, 0.3) is 11.1 Å². The Morgan fingerprint density at radius 1 is 0.940 bits per heavy atom. The van der Waals surface area contributed by atoms with E-state index in [1.165, 1.54) is 19.3 Å². The molecule has 2 unspecified atom stereocenters. The lowest BCUT2D eigenvalue weighted by Crippen LogP contribution is -2.46.